The molecule has 1 aromatic heterocycles. The van der Waals surface area contributed by atoms with Gasteiger partial charge < -0.3 is 10.3 Å². The van der Waals surface area contributed by atoms with Crippen molar-refractivity contribution in [2.45, 2.75) is 19.3 Å². The number of guanidine groups is 1. The molecule has 2 aromatic rings. The van der Waals surface area contributed by atoms with Crippen LogP contribution in [-0.4, -0.2) is 41.8 Å². The van der Waals surface area contributed by atoms with E-state index in [2.05, 4.69) is 15.3 Å². The van der Waals surface area contributed by atoms with E-state index in [1.165, 1.54) is 11.3 Å². The third-order valence-electron chi connectivity index (χ3n) is 4.20. The molecule has 0 saturated carbocycles. The van der Waals surface area contributed by atoms with Crippen LogP contribution in [0.3, 0.4) is 0 Å². The van der Waals surface area contributed by atoms with Crippen LogP contribution in [0.25, 0.3) is 10.9 Å². The molecule has 0 saturated heterocycles. The van der Waals surface area contributed by atoms with E-state index in [0.717, 1.165) is 59.9 Å². The molecular weight excluding hydrogens is 298 g/mol. The number of halogens is 1. The summed E-state index contributed by atoms with van der Waals surface area (Å²) in [5.74, 6) is 0.845. The predicted molar refractivity (Wildman–Crippen MR) is 90.9 cm³/mol. The maximum atomic E-state index is 6.18. The number of nitrogens with zero attached hydrogens (tertiary/aromatic N) is 3. The quantitative estimate of drug-likeness (QED) is 0.795. The highest BCUT2D eigenvalue weighted by molar-refractivity contribution is 6.31. The van der Waals surface area contributed by atoms with Gasteiger partial charge in [-0.3, -0.25) is 0 Å². The van der Waals surface area contributed by atoms with Crippen molar-refractivity contribution in [1.29, 1.82) is 0 Å². The van der Waals surface area contributed by atoms with Gasteiger partial charge in [0.2, 0.25) is 5.96 Å². The molecule has 0 atom stereocenters. The minimum atomic E-state index is 0.759. The zero-order valence-corrected chi connectivity index (χ0v) is 13.2. The highest BCUT2D eigenvalue weighted by Gasteiger charge is 2.22. The van der Waals surface area contributed by atoms with E-state index >= 15 is 0 Å². The van der Waals surface area contributed by atoms with Crippen molar-refractivity contribution >= 4 is 34.2 Å². The summed E-state index contributed by atoms with van der Waals surface area (Å²) in [6, 6.07) is 5.99. The third kappa shape index (κ3) is 2.25. The average molecular weight is 316 g/mol. The number of benzene rings is 1. The fourth-order valence-electron chi connectivity index (χ4n) is 3.23. The van der Waals surface area contributed by atoms with Gasteiger partial charge in [0.05, 0.1) is 12.3 Å². The van der Waals surface area contributed by atoms with Crippen LogP contribution in [0, 0.1) is 0 Å². The number of aromatic amines is 1. The van der Waals surface area contributed by atoms with Crippen molar-refractivity contribution in [2.75, 3.05) is 20.1 Å². The molecule has 2 heterocycles. The van der Waals surface area contributed by atoms with Crippen LogP contribution in [0.2, 0.25) is 5.02 Å². The topological polar surface area (TPSA) is 55.8 Å². The van der Waals surface area contributed by atoms with Crippen LogP contribution in [0.4, 0.5) is 0 Å². The first-order chi connectivity index (χ1) is 10.7. The molecule has 22 heavy (non-hydrogen) atoms. The SMILES string of the molecule is CN(N=C1CCCc2[nH]c3ccc(Cl)cc3c21)C1=NCCN1. The van der Waals surface area contributed by atoms with Crippen molar-refractivity contribution < 1.29 is 0 Å². The van der Waals surface area contributed by atoms with Crippen LogP contribution in [0.1, 0.15) is 24.1 Å². The van der Waals surface area contributed by atoms with Gasteiger partial charge in [0.1, 0.15) is 0 Å². The molecule has 0 bridgehead atoms. The van der Waals surface area contributed by atoms with E-state index in [1.807, 2.05) is 30.3 Å². The van der Waals surface area contributed by atoms with Crippen molar-refractivity contribution in [2.24, 2.45) is 10.1 Å². The first kappa shape index (κ1) is 13.6. The Morgan fingerprint density at radius 3 is 3.05 bits per heavy atom. The smallest absolute Gasteiger partial charge is 0.214 e. The number of aromatic nitrogens is 1. The van der Waals surface area contributed by atoms with Gasteiger partial charge in [-0.1, -0.05) is 11.6 Å². The lowest BCUT2D eigenvalue weighted by Crippen LogP contribution is -2.33. The molecule has 2 N–H and O–H groups in total. The molecule has 114 valence electrons. The molecule has 6 heteroatoms. The number of aliphatic imine (C=N–C) groups is 1. The van der Waals surface area contributed by atoms with Gasteiger partial charge in [0, 0.05) is 40.8 Å². The lowest BCUT2D eigenvalue weighted by atomic mass is 9.93. The molecule has 2 aliphatic rings. The second-order valence-corrected chi connectivity index (χ2v) is 6.16. The van der Waals surface area contributed by atoms with Crippen molar-refractivity contribution in [3.8, 4) is 0 Å². The molecule has 1 aliphatic carbocycles. The van der Waals surface area contributed by atoms with Crippen LogP contribution < -0.4 is 5.32 Å². The molecular formula is C16H18ClN5. The maximum absolute atomic E-state index is 6.18. The average Bonchev–Trinajstić information content (AvgIpc) is 3.14. The number of nitrogens with one attached hydrogen (secondary N) is 2. The summed E-state index contributed by atoms with van der Waals surface area (Å²) in [5.41, 5.74) is 4.71. The van der Waals surface area contributed by atoms with Gasteiger partial charge in [-0.15, -0.1) is 0 Å². The van der Waals surface area contributed by atoms with E-state index in [0.29, 0.717) is 0 Å². The number of H-pyrrole nitrogens is 1. The summed E-state index contributed by atoms with van der Waals surface area (Å²) in [4.78, 5) is 7.93. The van der Waals surface area contributed by atoms with Gasteiger partial charge in [0.15, 0.2) is 0 Å². The Labute approximate surface area is 134 Å². The Morgan fingerprint density at radius 1 is 1.32 bits per heavy atom. The van der Waals surface area contributed by atoms with Crippen LogP contribution in [-0.2, 0) is 6.42 Å². The molecule has 4 rings (SSSR count). The van der Waals surface area contributed by atoms with E-state index < -0.39 is 0 Å². The number of aryl methyl sites for hydroxylation is 1. The van der Waals surface area contributed by atoms with E-state index in [1.54, 1.807) is 0 Å². The summed E-state index contributed by atoms with van der Waals surface area (Å²) in [7, 11) is 1.94. The summed E-state index contributed by atoms with van der Waals surface area (Å²) < 4.78 is 0. The zero-order valence-electron chi connectivity index (χ0n) is 12.5. The Bertz CT molecular complexity index is 789. The van der Waals surface area contributed by atoms with E-state index in [4.69, 9.17) is 16.7 Å². The molecule has 0 radical (unpaired) electrons. The molecule has 5 nitrogen and oxygen atoms in total. The third-order valence-corrected chi connectivity index (χ3v) is 4.44. The zero-order chi connectivity index (χ0) is 15.1. The number of rotatable bonds is 1. The molecule has 1 aromatic carbocycles. The number of hydrogen-bond donors (Lipinski definition) is 2. The van der Waals surface area contributed by atoms with Gasteiger partial charge in [-0.05, 0) is 37.5 Å². The lowest BCUT2D eigenvalue weighted by Gasteiger charge is -2.19. The standard InChI is InChI=1S/C16H18ClN5/c1-22(16-18-7-8-19-16)21-14-4-2-3-13-15(14)11-9-10(17)5-6-12(11)20-13/h5-6,9,20H,2-4,7-8H2,1H3,(H,18,19). The van der Waals surface area contributed by atoms with Gasteiger partial charge in [-0.2, -0.15) is 5.10 Å². The Hall–Kier alpha value is -2.01. The van der Waals surface area contributed by atoms with E-state index in [9.17, 15) is 0 Å². The molecule has 0 fully saturated rings. The monoisotopic (exact) mass is 315 g/mol. The normalized spacial score (nSPS) is 19.2. The summed E-state index contributed by atoms with van der Waals surface area (Å²) in [5, 5.41) is 11.8. The Kier molecular flexibility index (Phi) is 3.30. The Morgan fingerprint density at radius 2 is 2.23 bits per heavy atom. The number of hydrazone groups is 1. The largest absolute Gasteiger partial charge is 0.358 e. The second kappa shape index (κ2) is 5.32. The van der Waals surface area contributed by atoms with Crippen LogP contribution in [0.15, 0.2) is 28.3 Å². The minimum Gasteiger partial charge on any atom is -0.358 e. The van der Waals surface area contributed by atoms with Crippen molar-refractivity contribution in [3.63, 3.8) is 0 Å². The summed E-state index contributed by atoms with van der Waals surface area (Å²) in [6.07, 6.45) is 3.15. The predicted octanol–water partition coefficient (Wildman–Crippen LogP) is 2.75. The molecule has 0 unspecified atom stereocenters. The first-order valence-corrected chi connectivity index (χ1v) is 8.00. The summed E-state index contributed by atoms with van der Waals surface area (Å²) in [6.45, 7) is 1.71. The number of hydrogen-bond acceptors (Lipinski definition) is 4. The highest BCUT2D eigenvalue weighted by Crippen LogP contribution is 2.31. The second-order valence-electron chi connectivity index (χ2n) is 5.72. The lowest BCUT2D eigenvalue weighted by molar-refractivity contribution is 0.524. The van der Waals surface area contributed by atoms with Crippen molar-refractivity contribution in [3.05, 3.63) is 34.5 Å². The van der Waals surface area contributed by atoms with E-state index in [-0.39, 0.29) is 0 Å². The minimum absolute atomic E-state index is 0.759. The Balaban J connectivity index is 1.80. The van der Waals surface area contributed by atoms with Gasteiger partial charge >= 0.3 is 0 Å². The van der Waals surface area contributed by atoms with Crippen LogP contribution >= 0.6 is 11.6 Å². The highest BCUT2D eigenvalue weighted by atomic mass is 35.5. The fraction of sp³-hybridized carbons (Fsp3) is 0.375. The van der Waals surface area contributed by atoms with Gasteiger partial charge in [-0.25, -0.2) is 10.0 Å². The molecule has 0 spiro atoms. The van der Waals surface area contributed by atoms with Gasteiger partial charge in [0.25, 0.3) is 0 Å². The molecule has 1 aliphatic heterocycles. The van der Waals surface area contributed by atoms with Crippen LogP contribution in [0.5, 0.6) is 0 Å². The fourth-order valence-corrected chi connectivity index (χ4v) is 3.40. The summed E-state index contributed by atoms with van der Waals surface area (Å²) >= 11 is 6.18. The maximum Gasteiger partial charge on any atom is 0.214 e. The number of fused-ring (bicyclic) bond motifs is 3. The first-order valence-electron chi connectivity index (χ1n) is 7.62. The molecule has 0 amide bonds. The van der Waals surface area contributed by atoms with Crippen molar-refractivity contribution in [1.82, 2.24) is 15.3 Å².